The number of benzene rings is 1. The molecule has 0 bridgehead atoms. The van der Waals surface area contributed by atoms with Gasteiger partial charge in [0.2, 0.25) is 0 Å². The molecule has 6 heteroatoms. The molecule has 1 N–H and O–H groups in total. The maximum Gasteiger partial charge on any atom is 0.325 e. The maximum absolute atomic E-state index is 11.6. The van der Waals surface area contributed by atoms with Gasteiger partial charge in [0, 0.05) is 13.1 Å². The molecule has 2 aliphatic rings. The monoisotopic (exact) mass is 279 g/mol. The number of carbonyl (C=O) groups is 1. The molecule has 0 unspecified atom stereocenters. The van der Waals surface area contributed by atoms with Crippen molar-refractivity contribution in [1.82, 2.24) is 4.90 Å². The van der Waals surface area contributed by atoms with Crippen molar-refractivity contribution in [3.8, 4) is 11.5 Å². The number of nitrogens with zero attached hydrogens (tertiary/aromatic N) is 1. The van der Waals surface area contributed by atoms with Gasteiger partial charge in [-0.15, -0.1) is 0 Å². The summed E-state index contributed by atoms with van der Waals surface area (Å²) in [5.41, 5.74) is 0.712. The van der Waals surface area contributed by atoms with Crippen molar-refractivity contribution in [3.05, 3.63) is 23.8 Å². The van der Waals surface area contributed by atoms with Crippen molar-refractivity contribution in [2.75, 3.05) is 39.5 Å². The highest BCUT2D eigenvalue weighted by Gasteiger charge is 2.29. The normalized spacial score (nSPS) is 20.4. The first-order valence-electron chi connectivity index (χ1n) is 6.70. The zero-order chi connectivity index (χ0) is 13.9. The van der Waals surface area contributed by atoms with Gasteiger partial charge >= 0.3 is 5.97 Å². The molecule has 6 nitrogen and oxygen atoms in total. The van der Waals surface area contributed by atoms with Crippen LogP contribution in [0.1, 0.15) is 11.6 Å². The lowest BCUT2D eigenvalue weighted by Crippen LogP contribution is -2.42. The minimum absolute atomic E-state index is 0.492. The number of carboxylic acid groups (broad SMARTS) is 1. The Bertz CT molecular complexity index is 498. The minimum Gasteiger partial charge on any atom is -0.486 e. The van der Waals surface area contributed by atoms with Crippen LogP contribution < -0.4 is 9.47 Å². The van der Waals surface area contributed by atoms with Crippen molar-refractivity contribution < 1.29 is 24.1 Å². The van der Waals surface area contributed by atoms with Gasteiger partial charge in [-0.25, -0.2) is 0 Å². The zero-order valence-corrected chi connectivity index (χ0v) is 11.1. The summed E-state index contributed by atoms with van der Waals surface area (Å²) in [6.07, 6.45) is 0. The molecule has 1 aromatic rings. The Balaban J connectivity index is 1.88. The van der Waals surface area contributed by atoms with Crippen LogP contribution in [-0.4, -0.2) is 55.5 Å². The molecule has 1 atom stereocenters. The summed E-state index contributed by atoms with van der Waals surface area (Å²) in [7, 11) is 0. The van der Waals surface area contributed by atoms with Gasteiger partial charge < -0.3 is 19.3 Å². The number of carboxylic acids is 1. The SMILES string of the molecule is O=C(O)[C@H](c1ccc2c(c1)OCCO2)N1CCOCC1. The first-order chi connectivity index (χ1) is 9.75. The predicted molar refractivity (Wildman–Crippen MR) is 70.2 cm³/mol. The van der Waals surface area contributed by atoms with Crippen LogP contribution in [0.5, 0.6) is 11.5 Å². The summed E-state index contributed by atoms with van der Waals surface area (Å²) in [5.74, 6) is 0.433. The van der Waals surface area contributed by atoms with Gasteiger partial charge in [0.25, 0.3) is 0 Å². The van der Waals surface area contributed by atoms with Crippen LogP contribution in [0.4, 0.5) is 0 Å². The van der Waals surface area contributed by atoms with Gasteiger partial charge in [-0.2, -0.15) is 0 Å². The highest BCUT2D eigenvalue weighted by atomic mass is 16.6. The fourth-order valence-corrected chi connectivity index (χ4v) is 2.58. The molecule has 0 aromatic heterocycles. The topological polar surface area (TPSA) is 68.2 Å². The van der Waals surface area contributed by atoms with Crippen LogP contribution in [0.15, 0.2) is 18.2 Å². The highest BCUT2D eigenvalue weighted by molar-refractivity contribution is 5.76. The lowest BCUT2D eigenvalue weighted by Gasteiger charge is -2.32. The average molecular weight is 279 g/mol. The summed E-state index contributed by atoms with van der Waals surface area (Å²) < 4.78 is 16.3. The Labute approximate surface area is 116 Å². The largest absolute Gasteiger partial charge is 0.486 e. The molecular weight excluding hydrogens is 262 g/mol. The Morgan fingerprint density at radius 2 is 1.80 bits per heavy atom. The Kier molecular flexibility index (Phi) is 3.75. The smallest absolute Gasteiger partial charge is 0.325 e. The van der Waals surface area contributed by atoms with Gasteiger partial charge in [-0.1, -0.05) is 6.07 Å². The molecule has 1 aromatic carbocycles. The third-order valence-electron chi connectivity index (χ3n) is 3.53. The van der Waals surface area contributed by atoms with E-state index in [1.54, 1.807) is 18.2 Å². The third-order valence-corrected chi connectivity index (χ3v) is 3.53. The number of hydrogen-bond acceptors (Lipinski definition) is 5. The fraction of sp³-hybridized carbons (Fsp3) is 0.500. The number of ether oxygens (including phenoxy) is 3. The van der Waals surface area contributed by atoms with E-state index in [2.05, 4.69) is 0 Å². The predicted octanol–water partition coefficient (Wildman–Crippen LogP) is 0.916. The molecule has 3 rings (SSSR count). The van der Waals surface area contributed by atoms with Gasteiger partial charge in [0.15, 0.2) is 11.5 Å². The number of fused-ring (bicyclic) bond motifs is 1. The molecule has 0 saturated carbocycles. The van der Waals surface area contributed by atoms with E-state index < -0.39 is 12.0 Å². The lowest BCUT2D eigenvalue weighted by atomic mass is 10.0. The zero-order valence-electron chi connectivity index (χ0n) is 11.1. The van der Waals surface area contributed by atoms with Crippen LogP contribution >= 0.6 is 0 Å². The number of rotatable bonds is 3. The van der Waals surface area contributed by atoms with Gasteiger partial charge in [0.05, 0.1) is 13.2 Å². The number of aliphatic carboxylic acids is 1. The van der Waals surface area contributed by atoms with Crippen LogP contribution in [0.25, 0.3) is 0 Å². The molecule has 108 valence electrons. The van der Waals surface area contributed by atoms with Crippen molar-refractivity contribution in [3.63, 3.8) is 0 Å². The van der Waals surface area contributed by atoms with E-state index in [0.717, 1.165) is 0 Å². The molecule has 0 spiro atoms. The van der Waals surface area contributed by atoms with E-state index in [9.17, 15) is 9.90 Å². The second-order valence-electron chi connectivity index (χ2n) is 4.79. The Morgan fingerprint density at radius 3 is 2.50 bits per heavy atom. The van der Waals surface area contributed by atoms with E-state index in [1.165, 1.54) is 0 Å². The molecule has 20 heavy (non-hydrogen) atoms. The molecule has 2 aliphatic heterocycles. The summed E-state index contributed by atoms with van der Waals surface area (Å²) in [5, 5.41) is 9.53. The van der Waals surface area contributed by atoms with E-state index in [1.807, 2.05) is 4.90 Å². The molecule has 0 radical (unpaired) electrons. The molecule has 2 heterocycles. The molecule has 1 saturated heterocycles. The Hall–Kier alpha value is -1.79. The van der Waals surface area contributed by atoms with E-state index >= 15 is 0 Å². The van der Waals surface area contributed by atoms with Crippen molar-refractivity contribution >= 4 is 5.97 Å². The van der Waals surface area contributed by atoms with Gasteiger partial charge in [-0.05, 0) is 17.7 Å². The average Bonchev–Trinajstić information content (AvgIpc) is 2.48. The summed E-state index contributed by atoms with van der Waals surface area (Å²) in [4.78, 5) is 13.5. The quantitative estimate of drug-likeness (QED) is 0.887. The standard InChI is InChI=1S/C14H17NO5/c16-14(17)13(15-3-5-18-6-4-15)10-1-2-11-12(9-10)20-8-7-19-11/h1-2,9,13H,3-8H2,(H,16,17)/t13-/m0/s1. The Morgan fingerprint density at radius 1 is 1.10 bits per heavy atom. The van der Waals surface area contributed by atoms with Crippen molar-refractivity contribution in [2.24, 2.45) is 0 Å². The van der Waals surface area contributed by atoms with E-state index in [0.29, 0.717) is 56.6 Å². The van der Waals surface area contributed by atoms with Gasteiger partial charge in [0.1, 0.15) is 19.3 Å². The highest BCUT2D eigenvalue weighted by Crippen LogP contribution is 2.34. The summed E-state index contributed by atoms with van der Waals surface area (Å²) in [6.45, 7) is 3.38. The van der Waals surface area contributed by atoms with E-state index in [-0.39, 0.29) is 0 Å². The summed E-state index contributed by atoms with van der Waals surface area (Å²) >= 11 is 0. The van der Waals surface area contributed by atoms with Crippen LogP contribution in [0, 0.1) is 0 Å². The van der Waals surface area contributed by atoms with Crippen LogP contribution in [0.3, 0.4) is 0 Å². The summed E-state index contributed by atoms with van der Waals surface area (Å²) in [6, 6.07) is 4.67. The molecule has 0 aliphatic carbocycles. The maximum atomic E-state index is 11.6. The van der Waals surface area contributed by atoms with Crippen molar-refractivity contribution in [1.29, 1.82) is 0 Å². The molecule has 0 amide bonds. The van der Waals surface area contributed by atoms with Gasteiger partial charge in [-0.3, -0.25) is 9.69 Å². The van der Waals surface area contributed by atoms with Crippen LogP contribution in [0.2, 0.25) is 0 Å². The second-order valence-corrected chi connectivity index (χ2v) is 4.79. The third kappa shape index (κ3) is 2.57. The number of morpholine rings is 1. The van der Waals surface area contributed by atoms with Crippen LogP contribution in [-0.2, 0) is 9.53 Å². The number of hydrogen-bond donors (Lipinski definition) is 1. The minimum atomic E-state index is -0.858. The van der Waals surface area contributed by atoms with Crippen molar-refractivity contribution in [2.45, 2.75) is 6.04 Å². The molecular formula is C14H17NO5. The first kappa shape index (κ1) is 13.2. The molecule has 1 fully saturated rings. The first-order valence-corrected chi connectivity index (χ1v) is 6.70. The second kappa shape index (κ2) is 5.68. The van der Waals surface area contributed by atoms with E-state index in [4.69, 9.17) is 14.2 Å². The fourth-order valence-electron chi connectivity index (χ4n) is 2.58. The lowest BCUT2D eigenvalue weighted by molar-refractivity contribution is -0.145.